The van der Waals surface area contributed by atoms with E-state index in [-0.39, 0.29) is 11.6 Å². The zero-order valence-electron chi connectivity index (χ0n) is 8.52. The van der Waals surface area contributed by atoms with Crippen molar-refractivity contribution in [3.8, 4) is 0 Å². The molecule has 0 radical (unpaired) electrons. The molecule has 0 saturated heterocycles. The van der Waals surface area contributed by atoms with Crippen LogP contribution < -0.4 is 0 Å². The van der Waals surface area contributed by atoms with E-state index in [4.69, 9.17) is 0 Å². The Labute approximate surface area is 97.1 Å². The smallest absolute Gasteiger partial charge is 0.163 e. The summed E-state index contributed by atoms with van der Waals surface area (Å²) < 4.78 is 13.2. The monoisotopic (exact) mass is 270 g/mol. The van der Waals surface area contributed by atoms with E-state index in [9.17, 15) is 9.18 Å². The second-order valence-corrected chi connectivity index (χ2v) is 4.36. The first-order valence-corrected chi connectivity index (χ1v) is 5.42. The second kappa shape index (κ2) is 5.21. The first-order valence-electron chi connectivity index (χ1n) is 4.63. The molecule has 0 aliphatic heterocycles. The zero-order valence-corrected chi connectivity index (χ0v) is 10.1. The van der Waals surface area contributed by atoms with E-state index in [0.29, 0.717) is 22.9 Å². The fourth-order valence-electron chi connectivity index (χ4n) is 1.14. The number of ketones is 1. The third-order valence-corrected chi connectivity index (χ3v) is 2.63. The van der Waals surface area contributed by atoms with Crippen LogP contribution in [0.5, 0.6) is 0 Å². The van der Waals surface area contributed by atoms with Crippen molar-refractivity contribution in [1.82, 2.24) is 0 Å². The number of hydrogen-bond donors (Lipinski definition) is 0. The van der Waals surface area contributed by atoms with Crippen LogP contribution in [0.4, 0.5) is 4.39 Å². The molecule has 0 atom stereocenters. The largest absolute Gasteiger partial charge is 0.294 e. The molecule has 0 aromatic heterocycles. The molecule has 3 heteroatoms. The number of rotatable bonds is 4. The minimum absolute atomic E-state index is 0.0127. The lowest BCUT2D eigenvalue weighted by molar-refractivity contribution is 0.0982. The highest BCUT2D eigenvalue weighted by atomic mass is 79.9. The highest BCUT2D eigenvalue weighted by molar-refractivity contribution is 9.10. The van der Waals surface area contributed by atoms with Gasteiger partial charge in [-0.25, -0.2) is 4.39 Å². The lowest BCUT2D eigenvalue weighted by atomic mass is 10.0. The number of benzene rings is 1. The maximum absolute atomic E-state index is 12.9. The van der Waals surface area contributed by atoms with Gasteiger partial charge in [0.1, 0.15) is 5.82 Å². The van der Waals surface area contributed by atoms with Gasteiger partial charge in [0.05, 0.1) is 4.47 Å². The molecule has 1 aromatic carbocycles. The predicted molar refractivity (Wildman–Crippen MR) is 62.5 cm³/mol. The highest BCUT2D eigenvalue weighted by Crippen LogP contribution is 2.18. The maximum Gasteiger partial charge on any atom is 0.163 e. The Morgan fingerprint density at radius 2 is 2.13 bits per heavy atom. The molecular weight excluding hydrogens is 259 g/mol. The zero-order chi connectivity index (χ0) is 11.4. The van der Waals surface area contributed by atoms with Crippen LogP contribution in [0.15, 0.2) is 34.8 Å². The van der Waals surface area contributed by atoms with Gasteiger partial charge >= 0.3 is 0 Å². The molecule has 0 spiro atoms. The molecule has 0 fully saturated rings. The summed E-state index contributed by atoms with van der Waals surface area (Å²) in [5, 5.41) is 0. The van der Waals surface area contributed by atoms with Crippen molar-refractivity contribution in [2.75, 3.05) is 0 Å². The average molecular weight is 271 g/mol. The summed E-state index contributed by atoms with van der Waals surface area (Å²) in [5.41, 5.74) is 1.51. The van der Waals surface area contributed by atoms with Crippen LogP contribution in [-0.4, -0.2) is 5.78 Å². The number of halogens is 2. The summed E-state index contributed by atoms with van der Waals surface area (Å²) in [6.45, 7) is 5.61. The van der Waals surface area contributed by atoms with Gasteiger partial charge < -0.3 is 0 Å². The first kappa shape index (κ1) is 12.1. The summed E-state index contributed by atoms with van der Waals surface area (Å²) in [6, 6.07) is 4.30. The molecule has 0 heterocycles. The molecule has 15 heavy (non-hydrogen) atoms. The van der Waals surface area contributed by atoms with E-state index in [2.05, 4.69) is 22.5 Å². The van der Waals surface area contributed by atoms with Crippen LogP contribution >= 0.6 is 15.9 Å². The molecule has 0 amide bonds. The van der Waals surface area contributed by atoms with Crippen LogP contribution in [0, 0.1) is 5.82 Å². The lowest BCUT2D eigenvalue weighted by Gasteiger charge is -2.02. The normalized spacial score (nSPS) is 10.1. The van der Waals surface area contributed by atoms with Crippen molar-refractivity contribution in [3.05, 3.63) is 46.2 Å². The van der Waals surface area contributed by atoms with Crippen LogP contribution in [0.25, 0.3) is 0 Å². The van der Waals surface area contributed by atoms with E-state index in [0.717, 1.165) is 5.57 Å². The standard InChI is InChI=1S/C12H12BrFO/c1-8(2)3-6-12(15)9-4-5-11(14)10(13)7-9/h4-5,7H,1,3,6H2,2H3. The Bertz CT molecular complexity index is 399. The molecule has 0 aliphatic rings. The van der Waals surface area contributed by atoms with Crippen molar-refractivity contribution >= 4 is 21.7 Å². The fraction of sp³-hybridized carbons (Fsp3) is 0.250. The van der Waals surface area contributed by atoms with Crippen LogP contribution in [0.2, 0.25) is 0 Å². The number of allylic oxidation sites excluding steroid dienone is 1. The topological polar surface area (TPSA) is 17.1 Å². The lowest BCUT2D eigenvalue weighted by Crippen LogP contribution is -1.99. The van der Waals surface area contributed by atoms with Crippen LogP contribution in [0.1, 0.15) is 30.1 Å². The third kappa shape index (κ3) is 3.59. The molecule has 0 bridgehead atoms. The predicted octanol–water partition coefficient (Wildman–Crippen LogP) is 4.13. The van der Waals surface area contributed by atoms with E-state index < -0.39 is 0 Å². The minimum Gasteiger partial charge on any atom is -0.294 e. The molecule has 1 nitrogen and oxygen atoms in total. The van der Waals surface area contributed by atoms with Gasteiger partial charge in [-0.1, -0.05) is 5.57 Å². The molecule has 1 aromatic rings. The molecule has 0 aliphatic carbocycles. The number of Topliss-reactive ketones (excluding diaryl/α,β-unsaturated/α-hetero) is 1. The van der Waals surface area contributed by atoms with Gasteiger partial charge in [-0.15, -0.1) is 6.58 Å². The summed E-state index contributed by atoms with van der Waals surface area (Å²) in [4.78, 5) is 11.6. The van der Waals surface area contributed by atoms with Gasteiger partial charge in [0.2, 0.25) is 0 Å². The quantitative estimate of drug-likeness (QED) is 0.594. The van der Waals surface area contributed by atoms with E-state index in [1.807, 2.05) is 6.92 Å². The Morgan fingerprint density at radius 3 is 2.67 bits per heavy atom. The molecule has 0 saturated carbocycles. The number of carbonyl (C=O) groups is 1. The Kier molecular flexibility index (Phi) is 4.21. The Balaban J connectivity index is 2.74. The van der Waals surface area contributed by atoms with E-state index in [1.54, 1.807) is 0 Å². The summed E-state index contributed by atoms with van der Waals surface area (Å²) in [5.74, 6) is -0.342. The summed E-state index contributed by atoms with van der Waals surface area (Å²) >= 11 is 3.05. The summed E-state index contributed by atoms with van der Waals surface area (Å²) in [7, 11) is 0. The van der Waals surface area contributed by atoms with E-state index in [1.165, 1.54) is 18.2 Å². The molecular formula is C12H12BrFO. The van der Waals surface area contributed by atoms with Gasteiger partial charge in [0.15, 0.2) is 5.78 Å². The van der Waals surface area contributed by atoms with Gasteiger partial charge in [0, 0.05) is 12.0 Å². The number of carbonyl (C=O) groups excluding carboxylic acids is 1. The van der Waals surface area contributed by atoms with E-state index >= 15 is 0 Å². The first-order chi connectivity index (χ1) is 7.00. The Hall–Kier alpha value is -0.960. The Morgan fingerprint density at radius 1 is 1.47 bits per heavy atom. The van der Waals surface area contributed by atoms with Crippen molar-refractivity contribution in [3.63, 3.8) is 0 Å². The molecule has 1 rings (SSSR count). The van der Waals surface area contributed by atoms with Crippen molar-refractivity contribution in [2.24, 2.45) is 0 Å². The fourth-order valence-corrected chi connectivity index (χ4v) is 1.52. The third-order valence-electron chi connectivity index (χ3n) is 2.02. The highest BCUT2D eigenvalue weighted by Gasteiger charge is 2.08. The van der Waals surface area contributed by atoms with Gasteiger partial charge in [-0.2, -0.15) is 0 Å². The average Bonchev–Trinajstić information content (AvgIpc) is 2.18. The maximum atomic E-state index is 12.9. The molecule has 80 valence electrons. The minimum atomic E-state index is -0.355. The second-order valence-electron chi connectivity index (χ2n) is 3.51. The summed E-state index contributed by atoms with van der Waals surface area (Å²) in [6.07, 6.45) is 1.10. The van der Waals surface area contributed by atoms with Crippen LogP contribution in [0.3, 0.4) is 0 Å². The van der Waals surface area contributed by atoms with Crippen molar-refractivity contribution < 1.29 is 9.18 Å². The number of hydrogen-bond acceptors (Lipinski definition) is 1. The van der Waals surface area contributed by atoms with Crippen molar-refractivity contribution in [2.45, 2.75) is 19.8 Å². The SMILES string of the molecule is C=C(C)CCC(=O)c1ccc(F)c(Br)c1. The van der Waals surface area contributed by atoms with Crippen molar-refractivity contribution in [1.29, 1.82) is 0 Å². The van der Waals surface area contributed by atoms with Gasteiger partial charge in [0.25, 0.3) is 0 Å². The molecule has 0 unspecified atom stereocenters. The van der Waals surface area contributed by atoms with Gasteiger partial charge in [-0.05, 0) is 47.5 Å². The molecule has 0 N–H and O–H groups in total. The van der Waals surface area contributed by atoms with Gasteiger partial charge in [-0.3, -0.25) is 4.79 Å². The van der Waals surface area contributed by atoms with Crippen LogP contribution in [-0.2, 0) is 0 Å².